The number of hydrogen-bond acceptors (Lipinski definition) is 3. The number of rotatable bonds is 5. The van der Waals surface area contributed by atoms with Crippen LogP contribution in [-0.4, -0.2) is 40.7 Å². The zero-order chi connectivity index (χ0) is 16.2. The molecule has 0 N–H and O–H groups in total. The van der Waals surface area contributed by atoms with Crippen LogP contribution in [0.2, 0.25) is 0 Å². The van der Waals surface area contributed by atoms with E-state index >= 15 is 0 Å². The summed E-state index contributed by atoms with van der Waals surface area (Å²) in [4.78, 5) is 39.1. The Hall–Kier alpha value is -1.65. The molecule has 23 heavy (non-hydrogen) atoms. The van der Waals surface area contributed by atoms with E-state index in [0.717, 1.165) is 43.4 Å². The average Bonchev–Trinajstić information content (AvgIpc) is 2.79. The van der Waals surface area contributed by atoms with E-state index in [-0.39, 0.29) is 0 Å². The van der Waals surface area contributed by atoms with Crippen molar-refractivity contribution in [2.75, 3.05) is 13.1 Å². The molecule has 0 unspecified atom stereocenters. The first-order valence-electron chi connectivity index (χ1n) is 9.02. The molecule has 0 radical (unpaired) electrons. The molecule has 0 spiro atoms. The fourth-order valence-corrected chi connectivity index (χ4v) is 3.92. The second-order valence-corrected chi connectivity index (χ2v) is 7.02. The monoisotopic (exact) mass is 318 g/mol. The topological polar surface area (TPSA) is 57.7 Å². The predicted octanol–water partition coefficient (Wildman–Crippen LogP) is 3.25. The summed E-state index contributed by atoms with van der Waals surface area (Å²) in [6, 6.07) is -0.401. The molecular weight excluding hydrogens is 292 g/mol. The summed E-state index contributed by atoms with van der Waals surface area (Å²) >= 11 is 0. The van der Waals surface area contributed by atoms with Gasteiger partial charge >= 0.3 is 17.8 Å². The lowest BCUT2D eigenvalue weighted by Gasteiger charge is -2.25. The lowest BCUT2D eigenvalue weighted by molar-refractivity contribution is -0.143. The lowest BCUT2D eigenvalue weighted by atomic mass is 9.89. The van der Waals surface area contributed by atoms with Crippen molar-refractivity contribution in [3.63, 3.8) is 0 Å². The first-order valence-corrected chi connectivity index (χ1v) is 9.02. The Balaban J connectivity index is 1.58. The highest BCUT2D eigenvalue weighted by Gasteiger charge is 2.44. The van der Waals surface area contributed by atoms with Crippen molar-refractivity contribution in [1.29, 1.82) is 0 Å². The van der Waals surface area contributed by atoms with Crippen molar-refractivity contribution < 1.29 is 14.4 Å². The number of imide groups is 2. The molecule has 2 aliphatic carbocycles. The molecule has 1 saturated carbocycles. The molecule has 3 aliphatic rings. The second-order valence-electron chi connectivity index (χ2n) is 7.02. The average molecular weight is 318 g/mol. The van der Waals surface area contributed by atoms with Crippen molar-refractivity contribution in [3.8, 4) is 0 Å². The van der Waals surface area contributed by atoms with Crippen LogP contribution in [0.5, 0.6) is 0 Å². The standard InChI is InChI=1S/C18H26N2O3/c21-16-17(22)20(13-15-9-5-2-6-10-15)18(23)19(16)12-11-14-7-3-1-4-8-14/h7,15H,1-6,8-13H2. The van der Waals surface area contributed by atoms with E-state index < -0.39 is 17.8 Å². The first kappa shape index (κ1) is 16.2. The van der Waals surface area contributed by atoms with E-state index in [9.17, 15) is 14.4 Å². The Kier molecular flexibility index (Phi) is 5.13. The summed E-state index contributed by atoms with van der Waals surface area (Å²) in [6.45, 7) is 0.763. The fourth-order valence-electron chi connectivity index (χ4n) is 3.92. The van der Waals surface area contributed by atoms with Crippen LogP contribution in [0, 0.1) is 5.92 Å². The highest BCUT2D eigenvalue weighted by atomic mass is 16.2. The Labute approximate surface area is 137 Å². The van der Waals surface area contributed by atoms with Gasteiger partial charge in [0.1, 0.15) is 0 Å². The van der Waals surface area contributed by atoms with Crippen LogP contribution < -0.4 is 0 Å². The van der Waals surface area contributed by atoms with Crippen LogP contribution in [0.1, 0.15) is 64.2 Å². The van der Waals surface area contributed by atoms with Crippen LogP contribution in [0.4, 0.5) is 4.79 Å². The SMILES string of the molecule is O=C1C(=O)N(CC2CCCCC2)C(=O)N1CCC1=CCCCC1. The Morgan fingerprint density at radius 2 is 1.65 bits per heavy atom. The number of amides is 4. The van der Waals surface area contributed by atoms with E-state index in [1.807, 2.05) is 0 Å². The van der Waals surface area contributed by atoms with E-state index in [0.29, 0.717) is 25.4 Å². The summed E-state index contributed by atoms with van der Waals surface area (Å²) < 4.78 is 0. The summed E-state index contributed by atoms with van der Waals surface area (Å²) in [6.07, 6.45) is 13.1. The number of urea groups is 1. The lowest BCUT2D eigenvalue weighted by Crippen LogP contribution is -2.37. The van der Waals surface area contributed by atoms with Crippen molar-refractivity contribution in [2.45, 2.75) is 64.2 Å². The Morgan fingerprint density at radius 1 is 0.913 bits per heavy atom. The van der Waals surface area contributed by atoms with Crippen LogP contribution in [-0.2, 0) is 9.59 Å². The van der Waals surface area contributed by atoms with Crippen LogP contribution >= 0.6 is 0 Å². The number of nitrogens with zero attached hydrogens (tertiary/aromatic N) is 2. The van der Waals surface area contributed by atoms with E-state index in [2.05, 4.69) is 6.08 Å². The quantitative estimate of drug-likeness (QED) is 0.444. The van der Waals surface area contributed by atoms with Gasteiger partial charge in [-0.1, -0.05) is 30.9 Å². The van der Waals surface area contributed by atoms with Gasteiger partial charge in [-0.05, 0) is 50.9 Å². The third kappa shape index (κ3) is 3.65. The van der Waals surface area contributed by atoms with Gasteiger partial charge in [0.15, 0.2) is 0 Å². The van der Waals surface area contributed by atoms with Crippen molar-refractivity contribution in [1.82, 2.24) is 9.80 Å². The molecule has 126 valence electrons. The largest absolute Gasteiger partial charge is 0.334 e. The van der Waals surface area contributed by atoms with E-state index in [1.165, 1.54) is 29.7 Å². The normalized spacial score (nSPS) is 23.7. The zero-order valence-electron chi connectivity index (χ0n) is 13.8. The minimum absolute atomic E-state index is 0.344. The van der Waals surface area contributed by atoms with E-state index in [1.54, 1.807) is 0 Å². The third-order valence-electron chi connectivity index (χ3n) is 5.34. The smallest absolute Gasteiger partial charge is 0.263 e. The maximum atomic E-state index is 12.5. The minimum atomic E-state index is -0.637. The minimum Gasteiger partial charge on any atom is -0.263 e. The maximum absolute atomic E-state index is 12.5. The second kappa shape index (κ2) is 7.28. The molecule has 2 fully saturated rings. The maximum Gasteiger partial charge on any atom is 0.334 e. The number of allylic oxidation sites excluding steroid dienone is 1. The molecule has 0 aromatic carbocycles. The number of carbonyl (C=O) groups excluding carboxylic acids is 3. The van der Waals surface area contributed by atoms with Crippen molar-refractivity contribution in [3.05, 3.63) is 11.6 Å². The van der Waals surface area contributed by atoms with Crippen LogP contribution in [0.15, 0.2) is 11.6 Å². The number of hydrogen-bond donors (Lipinski definition) is 0. The van der Waals surface area contributed by atoms with Gasteiger partial charge < -0.3 is 0 Å². The van der Waals surface area contributed by atoms with Gasteiger partial charge in [-0.2, -0.15) is 0 Å². The Morgan fingerprint density at radius 3 is 2.35 bits per heavy atom. The zero-order valence-corrected chi connectivity index (χ0v) is 13.8. The van der Waals surface area contributed by atoms with Crippen LogP contribution in [0.3, 0.4) is 0 Å². The van der Waals surface area contributed by atoms with Gasteiger partial charge in [0, 0.05) is 13.1 Å². The molecule has 1 saturated heterocycles. The summed E-state index contributed by atoms with van der Waals surface area (Å²) in [7, 11) is 0. The highest BCUT2D eigenvalue weighted by Crippen LogP contribution is 2.27. The molecule has 3 rings (SSSR count). The molecule has 0 aromatic heterocycles. The van der Waals surface area contributed by atoms with Crippen molar-refractivity contribution in [2.24, 2.45) is 5.92 Å². The number of carbonyl (C=O) groups is 3. The molecule has 4 amide bonds. The van der Waals surface area contributed by atoms with Gasteiger partial charge in [0.25, 0.3) is 0 Å². The predicted molar refractivity (Wildman–Crippen MR) is 86.6 cm³/mol. The van der Waals surface area contributed by atoms with Gasteiger partial charge in [-0.3, -0.25) is 19.4 Å². The van der Waals surface area contributed by atoms with Crippen LogP contribution in [0.25, 0.3) is 0 Å². The summed E-state index contributed by atoms with van der Waals surface area (Å²) in [5, 5.41) is 0. The highest BCUT2D eigenvalue weighted by molar-refractivity contribution is 6.44. The molecule has 5 heteroatoms. The molecule has 1 aliphatic heterocycles. The third-order valence-corrected chi connectivity index (χ3v) is 5.34. The van der Waals surface area contributed by atoms with Gasteiger partial charge in [0.2, 0.25) is 0 Å². The van der Waals surface area contributed by atoms with Crippen molar-refractivity contribution >= 4 is 17.8 Å². The molecular formula is C18H26N2O3. The molecule has 5 nitrogen and oxygen atoms in total. The van der Waals surface area contributed by atoms with Gasteiger partial charge in [-0.25, -0.2) is 4.79 Å². The summed E-state index contributed by atoms with van der Waals surface area (Å²) in [5.74, 6) is -0.897. The molecule has 0 bridgehead atoms. The van der Waals surface area contributed by atoms with Gasteiger partial charge in [0.05, 0.1) is 0 Å². The molecule has 0 atom stereocenters. The van der Waals surface area contributed by atoms with Gasteiger partial charge in [-0.15, -0.1) is 0 Å². The fraction of sp³-hybridized carbons (Fsp3) is 0.722. The Bertz CT molecular complexity index is 520. The summed E-state index contributed by atoms with van der Waals surface area (Å²) in [5.41, 5.74) is 1.31. The molecule has 0 aromatic rings. The molecule has 1 heterocycles. The van der Waals surface area contributed by atoms with E-state index in [4.69, 9.17) is 0 Å². The first-order chi connectivity index (χ1) is 11.2.